The molecule has 1 aliphatic carbocycles. The van der Waals surface area contributed by atoms with Gasteiger partial charge in [0.05, 0.1) is 5.70 Å². The number of amides is 1. The van der Waals surface area contributed by atoms with Gasteiger partial charge in [-0.25, -0.2) is 0 Å². The molecule has 1 atom stereocenters. The van der Waals surface area contributed by atoms with Crippen molar-refractivity contribution in [3.8, 4) is 0 Å². The van der Waals surface area contributed by atoms with Crippen molar-refractivity contribution < 1.29 is 9.59 Å². The van der Waals surface area contributed by atoms with E-state index in [1.54, 1.807) is 12.2 Å². The van der Waals surface area contributed by atoms with Crippen LogP contribution in [0.2, 0.25) is 0 Å². The number of hydrazine groups is 1. The van der Waals surface area contributed by atoms with E-state index in [4.69, 9.17) is 0 Å². The Kier molecular flexibility index (Phi) is 1.09. The maximum atomic E-state index is 11.1. The van der Waals surface area contributed by atoms with Crippen LogP contribution in [0.4, 0.5) is 0 Å². The van der Waals surface area contributed by atoms with Crippen molar-refractivity contribution in [1.82, 2.24) is 10.9 Å². The molecule has 2 rings (SSSR count). The van der Waals surface area contributed by atoms with Crippen molar-refractivity contribution in [2.45, 2.75) is 0 Å². The normalized spacial score (nSPS) is 27.3. The highest BCUT2D eigenvalue weighted by molar-refractivity contribution is 6.11. The van der Waals surface area contributed by atoms with Crippen LogP contribution in [0.1, 0.15) is 0 Å². The van der Waals surface area contributed by atoms with E-state index in [9.17, 15) is 9.59 Å². The van der Waals surface area contributed by atoms with E-state index in [1.807, 2.05) is 0 Å². The Hall–Kier alpha value is -1.58. The molecule has 1 heterocycles. The number of nitrogens with one attached hydrogen (secondary N) is 2. The average molecular weight is 150 g/mol. The Bertz CT molecular complexity index is 291. The summed E-state index contributed by atoms with van der Waals surface area (Å²) in [7, 11) is 0. The third-order valence-corrected chi connectivity index (χ3v) is 1.72. The Labute approximate surface area is 62.9 Å². The van der Waals surface area contributed by atoms with Gasteiger partial charge in [-0.1, -0.05) is 6.08 Å². The first kappa shape index (κ1) is 6.15. The topological polar surface area (TPSA) is 58.2 Å². The summed E-state index contributed by atoms with van der Waals surface area (Å²) in [5.74, 6) is -1.06. The monoisotopic (exact) mass is 150 g/mol. The van der Waals surface area contributed by atoms with Crippen molar-refractivity contribution in [3.63, 3.8) is 0 Å². The highest BCUT2D eigenvalue weighted by Crippen LogP contribution is 2.18. The van der Waals surface area contributed by atoms with E-state index >= 15 is 0 Å². The van der Waals surface area contributed by atoms with E-state index in [0.717, 1.165) is 0 Å². The first-order chi connectivity index (χ1) is 5.29. The van der Waals surface area contributed by atoms with E-state index in [1.165, 1.54) is 6.08 Å². The minimum Gasteiger partial charge on any atom is -0.301 e. The van der Waals surface area contributed by atoms with Gasteiger partial charge >= 0.3 is 0 Å². The van der Waals surface area contributed by atoms with E-state index < -0.39 is 5.92 Å². The molecule has 1 fully saturated rings. The fourth-order valence-corrected chi connectivity index (χ4v) is 1.18. The maximum Gasteiger partial charge on any atom is 0.255 e. The van der Waals surface area contributed by atoms with Crippen LogP contribution in [0.15, 0.2) is 23.9 Å². The number of rotatable bonds is 0. The Morgan fingerprint density at radius 1 is 1.27 bits per heavy atom. The molecule has 56 valence electrons. The summed E-state index contributed by atoms with van der Waals surface area (Å²) in [6.07, 6.45) is 4.74. The molecule has 2 N–H and O–H groups in total. The minimum atomic E-state index is -0.625. The number of fused-ring (bicyclic) bond motifs is 1. The van der Waals surface area contributed by atoms with Gasteiger partial charge in [0, 0.05) is 0 Å². The summed E-state index contributed by atoms with van der Waals surface area (Å²) < 4.78 is 0. The summed E-state index contributed by atoms with van der Waals surface area (Å²) in [5.41, 5.74) is 5.64. The average Bonchev–Trinajstić information content (AvgIpc) is 2.34. The Morgan fingerprint density at radius 3 is 2.82 bits per heavy atom. The molecule has 1 amide bonds. The molecular formula is C7H6N2O2. The molecule has 0 saturated carbocycles. The van der Waals surface area contributed by atoms with Crippen LogP contribution in [0, 0.1) is 5.92 Å². The van der Waals surface area contributed by atoms with Crippen LogP contribution in [0.25, 0.3) is 0 Å². The van der Waals surface area contributed by atoms with Gasteiger partial charge in [-0.05, 0) is 12.2 Å². The second-order valence-corrected chi connectivity index (χ2v) is 2.43. The lowest BCUT2D eigenvalue weighted by atomic mass is 9.97. The quantitative estimate of drug-likeness (QED) is 0.447. The summed E-state index contributed by atoms with van der Waals surface area (Å²) in [5, 5.41) is 0. The number of allylic oxidation sites excluding steroid dienone is 3. The third-order valence-electron chi connectivity index (χ3n) is 1.72. The number of hydrogen-bond donors (Lipinski definition) is 2. The maximum absolute atomic E-state index is 11.1. The lowest BCUT2D eigenvalue weighted by molar-refractivity contribution is -0.128. The number of carbonyl (C=O) groups excluding carboxylic acids is 2. The van der Waals surface area contributed by atoms with Gasteiger partial charge in [-0.2, -0.15) is 0 Å². The number of carbonyl (C=O) groups is 2. The van der Waals surface area contributed by atoms with Gasteiger partial charge in [-0.15, -0.1) is 0 Å². The number of ketones is 1. The van der Waals surface area contributed by atoms with Crippen molar-refractivity contribution in [3.05, 3.63) is 23.9 Å². The zero-order chi connectivity index (χ0) is 7.84. The van der Waals surface area contributed by atoms with E-state index in [-0.39, 0.29) is 11.7 Å². The second-order valence-electron chi connectivity index (χ2n) is 2.43. The lowest BCUT2D eigenvalue weighted by Crippen LogP contribution is -2.27. The molecule has 1 saturated heterocycles. The van der Waals surface area contributed by atoms with Crippen LogP contribution in [0.5, 0.6) is 0 Å². The summed E-state index contributed by atoms with van der Waals surface area (Å²) in [6.45, 7) is 0. The molecule has 0 aromatic carbocycles. The van der Waals surface area contributed by atoms with Crippen molar-refractivity contribution >= 4 is 11.7 Å². The van der Waals surface area contributed by atoms with Crippen LogP contribution in [0.3, 0.4) is 0 Å². The van der Waals surface area contributed by atoms with Crippen LogP contribution in [-0.4, -0.2) is 11.7 Å². The number of hydrogen-bond acceptors (Lipinski definition) is 3. The predicted molar refractivity (Wildman–Crippen MR) is 37.0 cm³/mol. The standard InChI is InChI=1S/C7H6N2O2/c10-5-3-1-2-4-6(5)7(11)9-8-4/h1-3,6,8H,(H,9,11). The Morgan fingerprint density at radius 2 is 2.09 bits per heavy atom. The molecule has 1 unspecified atom stereocenters. The fourth-order valence-electron chi connectivity index (χ4n) is 1.18. The van der Waals surface area contributed by atoms with Crippen LogP contribution < -0.4 is 10.9 Å². The fraction of sp³-hybridized carbons (Fsp3) is 0.143. The summed E-state index contributed by atoms with van der Waals surface area (Å²) in [6, 6.07) is 0. The zero-order valence-electron chi connectivity index (χ0n) is 5.63. The molecular weight excluding hydrogens is 144 g/mol. The summed E-state index contributed by atoms with van der Waals surface area (Å²) >= 11 is 0. The van der Waals surface area contributed by atoms with Gasteiger partial charge in [0.1, 0.15) is 5.92 Å². The molecule has 0 aromatic rings. The molecule has 0 radical (unpaired) electrons. The molecule has 1 aliphatic heterocycles. The molecule has 0 spiro atoms. The van der Waals surface area contributed by atoms with Gasteiger partial charge in [0.2, 0.25) is 0 Å². The van der Waals surface area contributed by atoms with Gasteiger partial charge in [0.25, 0.3) is 5.91 Å². The first-order valence-corrected chi connectivity index (χ1v) is 3.27. The van der Waals surface area contributed by atoms with E-state index in [0.29, 0.717) is 5.70 Å². The summed E-state index contributed by atoms with van der Waals surface area (Å²) in [4.78, 5) is 22.0. The largest absolute Gasteiger partial charge is 0.301 e. The SMILES string of the molecule is O=C1C=CC=C2NNC(=O)C12. The molecule has 2 aliphatic rings. The molecule has 0 aromatic heterocycles. The second kappa shape index (κ2) is 1.95. The molecule has 11 heavy (non-hydrogen) atoms. The van der Waals surface area contributed by atoms with Crippen molar-refractivity contribution in [2.75, 3.05) is 0 Å². The minimum absolute atomic E-state index is 0.162. The zero-order valence-corrected chi connectivity index (χ0v) is 5.63. The van der Waals surface area contributed by atoms with E-state index in [2.05, 4.69) is 10.9 Å². The van der Waals surface area contributed by atoms with Crippen LogP contribution in [-0.2, 0) is 9.59 Å². The van der Waals surface area contributed by atoms with Gasteiger partial charge in [0.15, 0.2) is 5.78 Å². The van der Waals surface area contributed by atoms with Crippen molar-refractivity contribution in [1.29, 1.82) is 0 Å². The highest BCUT2D eigenvalue weighted by atomic mass is 16.2. The van der Waals surface area contributed by atoms with Crippen molar-refractivity contribution in [2.24, 2.45) is 5.92 Å². The van der Waals surface area contributed by atoms with Crippen LogP contribution >= 0.6 is 0 Å². The molecule has 4 heteroatoms. The van der Waals surface area contributed by atoms with Gasteiger partial charge in [-0.3, -0.25) is 15.0 Å². The molecule has 4 nitrogen and oxygen atoms in total. The first-order valence-electron chi connectivity index (χ1n) is 3.27. The Balaban J connectivity index is 2.42. The smallest absolute Gasteiger partial charge is 0.255 e. The highest BCUT2D eigenvalue weighted by Gasteiger charge is 2.35. The third kappa shape index (κ3) is 0.756. The lowest BCUT2D eigenvalue weighted by Gasteiger charge is -2.05. The molecule has 0 bridgehead atoms. The predicted octanol–water partition coefficient (Wildman–Crippen LogP) is -0.740. The van der Waals surface area contributed by atoms with Gasteiger partial charge < -0.3 is 5.43 Å².